The zero-order chi connectivity index (χ0) is 13.0. The largest absolute Gasteiger partial charge is 0.315 e. The van der Waals surface area contributed by atoms with Crippen LogP contribution in [0, 0.1) is 0 Å². The topological polar surface area (TPSA) is 18.5 Å². The highest BCUT2D eigenvalue weighted by atomic mass is 15.2. The normalized spacial score (nSPS) is 35.7. The van der Waals surface area contributed by atoms with Crippen molar-refractivity contribution in [3.05, 3.63) is 0 Å². The van der Waals surface area contributed by atoms with Gasteiger partial charge in [-0.15, -0.1) is 0 Å². The van der Waals surface area contributed by atoms with Gasteiger partial charge in [-0.25, -0.2) is 0 Å². The highest BCUT2D eigenvalue weighted by Crippen LogP contribution is 2.26. The maximum Gasteiger partial charge on any atom is 0.0249 e. The van der Waals surface area contributed by atoms with Gasteiger partial charge in [0.25, 0.3) is 0 Å². The average Bonchev–Trinajstić information content (AvgIpc) is 2.63. The molecule has 0 aromatic heterocycles. The summed E-state index contributed by atoms with van der Waals surface area (Å²) in [4.78, 5) is 5.19. The van der Waals surface area contributed by atoms with E-state index in [0.717, 1.165) is 12.1 Å². The minimum absolute atomic E-state index is 0.716. The Labute approximate surface area is 113 Å². The standard InChI is InChI=1S/C15H31N3/c1-16-14-9-5-4-6-10-15(14)18-11-7-8-13(12-18)17(2)3/h13-16H,4-12H2,1-3H3. The summed E-state index contributed by atoms with van der Waals surface area (Å²) in [7, 11) is 6.62. The zero-order valence-electron chi connectivity index (χ0n) is 12.5. The molecule has 2 aliphatic rings. The monoisotopic (exact) mass is 253 g/mol. The summed E-state index contributed by atoms with van der Waals surface area (Å²) >= 11 is 0. The molecule has 1 saturated heterocycles. The van der Waals surface area contributed by atoms with Crippen LogP contribution in [0.25, 0.3) is 0 Å². The highest BCUT2D eigenvalue weighted by molar-refractivity contribution is 4.90. The fourth-order valence-corrected chi connectivity index (χ4v) is 3.77. The van der Waals surface area contributed by atoms with Gasteiger partial charge in [-0.05, 0) is 53.4 Å². The lowest BCUT2D eigenvalue weighted by molar-refractivity contribution is 0.0756. The van der Waals surface area contributed by atoms with Crippen LogP contribution in [0.4, 0.5) is 0 Å². The van der Waals surface area contributed by atoms with Crippen LogP contribution >= 0.6 is 0 Å². The van der Waals surface area contributed by atoms with Crippen LogP contribution in [0.5, 0.6) is 0 Å². The van der Waals surface area contributed by atoms with Gasteiger partial charge in [0, 0.05) is 24.7 Å². The molecule has 0 radical (unpaired) electrons. The predicted octanol–water partition coefficient (Wildman–Crippen LogP) is 1.93. The van der Waals surface area contributed by atoms with Crippen molar-refractivity contribution in [2.24, 2.45) is 0 Å². The summed E-state index contributed by atoms with van der Waals surface area (Å²) in [6.07, 6.45) is 9.77. The molecule has 106 valence electrons. The molecule has 1 heterocycles. The Morgan fingerprint density at radius 1 is 1.00 bits per heavy atom. The van der Waals surface area contributed by atoms with E-state index < -0.39 is 0 Å². The van der Waals surface area contributed by atoms with Gasteiger partial charge >= 0.3 is 0 Å². The van der Waals surface area contributed by atoms with Crippen molar-refractivity contribution in [1.29, 1.82) is 0 Å². The van der Waals surface area contributed by atoms with Crippen molar-refractivity contribution in [2.75, 3.05) is 34.2 Å². The maximum absolute atomic E-state index is 3.58. The molecule has 0 aromatic carbocycles. The summed E-state index contributed by atoms with van der Waals surface area (Å²) in [6, 6.07) is 2.26. The van der Waals surface area contributed by atoms with Gasteiger partial charge in [-0.2, -0.15) is 0 Å². The number of likely N-dealkylation sites (N-methyl/N-ethyl adjacent to an activating group) is 2. The molecule has 0 bridgehead atoms. The molecule has 0 spiro atoms. The van der Waals surface area contributed by atoms with Gasteiger partial charge in [0.15, 0.2) is 0 Å². The Morgan fingerprint density at radius 3 is 2.50 bits per heavy atom. The van der Waals surface area contributed by atoms with Crippen molar-refractivity contribution in [2.45, 2.75) is 63.1 Å². The number of nitrogens with zero attached hydrogens (tertiary/aromatic N) is 2. The number of hydrogen-bond donors (Lipinski definition) is 1. The first-order valence-electron chi connectivity index (χ1n) is 7.80. The lowest BCUT2D eigenvalue weighted by atomic mass is 9.96. The first-order valence-corrected chi connectivity index (χ1v) is 7.80. The van der Waals surface area contributed by atoms with E-state index in [4.69, 9.17) is 0 Å². The number of nitrogens with one attached hydrogen (secondary N) is 1. The van der Waals surface area contributed by atoms with Crippen LogP contribution in [0.15, 0.2) is 0 Å². The average molecular weight is 253 g/mol. The molecule has 0 aromatic rings. The van der Waals surface area contributed by atoms with Crippen LogP contribution in [0.2, 0.25) is 0 Å². The lowest BCUT2D eigenvalue weighted by Gasteiger charge is -2.43. The Balaban J connectivity index is 1.98. The zero-order valence-corrected chi connectivity index (χ0v) is 12.5. The second-order valence-electron chi connectivity index (χ2n) is 6.36. The van der Waals surface area contributed by atoms with Gasteiger partial charge in [0.05, 0.1) is 0 Å². The van der Waals surface area contributed by atoms with Crippen molar-refractivity contribution in [1.82, 2.24) is 15.1 Å². The van der Waals surface area contributed by atoms with Crippen molar-refractivity contribution in [3.8, 4) is 0 Å². The molecule has 3 heteroatoms. The van der Waals surface area contributed by atoms with Gasteiger partial charge in [-0.1, -0.05) is 19.3 Å². The van der Waals surface area contributed by atoms with Crippen molar-refractivity contribution in [3.63, 3.8) is 0 Å². The van der Waals surface area contributed by atoms with Crippen LogP contribution in [0.3, 0.4) is 0 Å². The molecular weight excluding hydrogens is 222 g/mol. The first kappa shape index (κ1) is 14.3. The van der Waals surface area contributed by atoms with Gasteiger partial charge < -0.3 is 10.2 Å². The fourth-order valence-electron chi connectivity index (χ4n) is 3.77. The summed E-state index contributed by atoms with van der Waals surface area (Å²) in [6.45, 7) is 2.59. The molecule has 1 saturated carbocycles. The summed E-state index contributed by atoms with van der Waals surface area (Å²) in [5.41, 5.74) is 0. The van der Waals surface area contributed by atoms with Crippen LogP contribution < -0.4 is 5.32 Å². The molecule has 3 nitrogen and oxygen atoms in total. The van der Waals surface area contributed by atoms with E-state index in [1.807, 2.05) is 0 Å². The van der Waals surface area contributed by atoms with Crippen molar-refractivity contribution >= 4 is 0 Å². The Bertz CT molecular complexity index is 242. The second-order valence-corrected chi connectivity index (χ2v) is 6.36. The van der Waals surface area contributed by atoms with E-state index >= 15 is 0 Å². The summed E-state index contributed by atoms with van der Waals surface area (Å²) in [5.74, 6) is 0. The summed E-state index contributed by atoms with van der Waals surface area (Å²) < 4.78 is 0. The molecule has 3 atom stereocenters. The fraction of sp³-hybridized carbons (Fsp3) is 1.00. The number of rotatable bonds is 3. The van der Waals surface area contributed by atoms with Crippen LogP contribution in [-0.4, -0.2) is 62.2 Å². The van der Waals surface area contributed by atoms with Gasteiger partial charge in [-0.3, -0.25) is 4.90 Å². The first-order chi connectivity index (χ1) is 8.72. The van der Waals surface area contributed by atoms with Crippen molar-refractivity contribution < 1.29 is 0 Å². The Hall–Kier alpha value is -0.120. The Kier molecular flexibility index (Phi) is 5.46. The number of piperidine rings is 1. The molecule has 3 unspecified atom stereocenters. The molecule has 1 N–H and O–H groups in total. The minimum atomic E-state index is 0.716. The smallest absolute Gasteiger partial charge is 0.0249 e. The third-order valence-electron chi connectivity index (χ3n) is 4.98. The highest BCUT2D eigenvalue weighted by Gasteiger charge is 2.31. The molecule has 0 amide bonds. The van der Waals surface area contributed by atoms with Crippen LogP contribution in [0.1, 0.15) is 44.9 Å². The third-order valence-corrected chi connectivity index (χ3v) is 4.98. The van der Waals surface area contributed by atoms with E-state index in [9.17, 15) is 0 Å². The molecule has 1 aliphatic carbocycles. The van der Waals surface area contributed by atoms with E-state index in [0.29, 0.717) is 6.04 Å². The Morgan fingerprint density at radius 2 is 1.78 bits per heavy atom. The van der Waals surface area contributed by atoms with E-state index in [-0.39, 0.29) is 0 Å². The van der Waals surface area contributed by atoms with E-state index in [1.54, 1.807) is 0 Å². The van der Waals surface area contributed by atoms with E-state index in [1.165, 1.54) is 58.0 Å². The van der Waals surface area contributed by atoms with E-state index in [2.05, 4.69) is 36.3 Å². The third kappa shape index (κ3) is 3.46. The number of likely N-dealkylation sites (tertiary alicyclic amines) is 1. The second kappa shape index (κ2) is 6.88. The summed E-state index contributed by atoms with van der Waals surface area (Å²) in [5, 5.41) is 3.58. The number of hydrogen-bond acceptors (Lipinski definition) is 3. The maximum atomic E-state index is 3.58. The molecule has 2 rings (SSSR count). The predicted molar refractivity (Wildman–Crippen MR) is 78.0 cm³/mol. The lowest BCUT2D eigenvalue weighted by Crippen LogP contribution is -2.55. The quantitative estimate of drug-likeness (QED) is 0.776. The molecule has 2 fully saturated rings. The molecular formula is C15H31N3. The van der Waals surface area contributed by atoms with Gasteiger partial charge in [0.1, 0.15) is 0 Å². The molecule has 18 heavy (non-hydrogen) atoms. The van der Waals surface area contributed by atoms with Gasteiger partial charge in [0.2, 0.25) is 0 Å². The SMILES string of the molecule is CNC1CCCCCC1N1CCCC(N(C)C)C1. The van der Waals surface area contributed by atoms with Crippen LogP contribution in [-0.2, 0) is 0 Å². The minimum Gasteiger partial charge on any atom is -0.315 e. The molecule has 1 aliphatic heterocycles.